The lowest BCUT2D eigenvalue weighted by atomic mass is 10.2. The molecule has 1 saturated heterocycles. The molecule has 4 heterocycles. The number of nitrogens with zero attached hydrogens (tertiary/aromatic N) is 5. The first-order chi connectivity index (χ1) is 11.2. The third-order valence-corrected chi connectivity index (χ3v) is 4.06. The van der Waals surface area contributed by atoms with Gasteiger partial charge in [-0.1, -0.05) is 0 Å². The molecule has 3 aromatic rings. The number of carbonyl (C=O) groups excluding carboxylic acids is 1. The van der Waals surface area contributed by atoms with E-state index in [2.05, 4.69) is 15.2 Å². The minimum atomic E-state index is -0.107. The van der Waals surface area contributed by atoms with Crippen molar-refractivity contribution in [2.75, 3.05) is 6.61 Å². The summed E-state index contributed by atoms with van der Waals surface area (Å²) in [5.41, 5.74) is 1.73. The maximum atomic E-state index is 12.1. The number of pyridine rings is 1. The molecule has 0 spiro atoms. The van der Waals surface area contributed by atoms with Crippen LogP contribution in [0.4, 0.5) is 0 Å². The molecule has 1 atom stereocenters. The van der Waals surface area contributed by atoms with Gasteiger partial charge >= 0.3 is 0 Å². The monoisotopic (exact) mass is 311 g/mol. The Morgan fingerprint density at radius 3 is 2.96 bits per heavy atom. The van der Waals surface area contributed by atoms with Crippen LogP contribution in [0.1, 0.15) is 42.9 Å². The van der Waals surface area contributed by atoms with Gasteiger partial charge in [0, 0.05) is 31.3 Å². The number of hydrogen-bond acceptors (Lipinski definition) is 5. The van der Waals surface area contributed by atoms with E-state index in [-0.39, 0.29) is 12.0 Å². The number of fused-ring (bicyclic) bond motifs is 1. The van der Waals surface area contributed by atoms with E-state index >= 15 is 0 Å². The average molecular weight is 311 g/mol. The van der Waals surface area contributed by atoms with Gasteiger partial charge in [-0.15, -0.1) is 0 Å². The Morgan fingerprint density at radius 1 is 1.35 bits per heavy atom. The van der Waals surface area contributed by atoms with Crippen molar-refractivity contribution >= 4 is 16.8 Å². The van der Waals surface area contributed by atoms with E-state index < -0.39 is 0 Å². The standard InChI is InChI=1S/C16H17N5O2/c1-11(22)15-13(20-7-4-6-17-20)9-12-10-18-21(16(12)19-15)14-5-2-3-8-23-14/h4,6-7,9-10,14H,2-3,5,8H2,1H3. The molecular weight excluding hydrogens is 294 g/mol. The molecule has 1 aliphatic heterocycles. The van der Waals surface area contributed by atoms with Crippen molar-refractivity contribution in [2.45, 2.75) is 32.4 Å². The molecule has 0 aliphatic carbocycles. The molecule has 7 heteroatoms. The number of Topliss-reactive ketones (excluding diaryl/α,β-unsaturated/α-hetero) is 1. The molecule has 4 rings (SSSR count). The van der Waals surface area contributed by atoms with E-state index in [1.807, 2.05) is 12.1 Å². The maximum absolute atomic E-state index is 12.1. The maximum Gasteiger partial charge on any atom is 0.180 e. The molecule has 0 saturated carbocycles. The van der Waals surface area contributed by atoms with Crippen molar-refractivity contribution in [3.8, 4) is 5.69 Å². The number of rotatable bonds is 3. The molecule has 0 aromatic carbocycles. The summed E-state index contributed by atoms with van der Waals surface area (Å²) in [5.74, 6) is -0.102. The third kappa shape index (κ3) is 2.43. The summed E-state index contributed by atoms with van der Waals surface area (Å²) >= 11 is 0. The largest absolute Gasteiger partial charge is 0.356 e. The highest BCUT2D eigenvalue weighted by Gasteiger charge is 2.21. The quantitative estimate of drug-likeness (QED) is 0.695. The van der Waals surface area contributed by atoms with E-state index in [1.54, 1.807) is 28.0 Å². The van der Waals surface area contributed by atoms with E-state index in [9.17, 15) is 4.79 Å². The predicted octanol–water partition coefficient (Wildman–Crippen LogP) is 2.52. The average Bonchev–Trinajstić information content (AvgIpc) is 3.23. The van der Waals surface area contributed by atoms with Crippen molar-refractivity contribution in [3.63, 3.8) is 0 Å². The van der Waals surface area contributed by atoms with Crippen molar-refractivity contribution in [3.05, 3.63) is 36.4 Å². The Bertz CT molecular complexity index is 847. The normalized spacial score (nSPS) is 18.4. The fourth-order valence-electron chi connectivity index (χ4n) is 2.94. The number of ether oxygens (including phenoxy) is 1. The minimum Gasteiger partial charge on any atom is -0.356 e. The molecule has 0 amide bonds. The summed E-state index contributed by atoms with van der Waals surface area (Å²) in [4.78, 5) is 16.6. The van der Waals surface area contributed by atoms with Crippen LogP contribution in [-0.4, -0.2) is 36.9 Å². The molecule has 118 valence electrons. The van der Waals surface area contributed by atoms with E-state index in [1.165, 1.54) is 6.92 Å². The summed E-state index contributed by atoms with van der Waals surface area (Å²) in [6, 6.07) is 3.71. The predicted molar refractivity (Wildman–Crippen MR) is 83.5 cm³/mol. The summed E-state index contributed by atoms with van der Waals surface area (Å²) < 4.78 is 9.23. The molecule has 7 nitrogen and oxygen atoms in total. The van der Waals surface area contributed by atoms with Crippen LogP contribution in [-0.2, 0) is 4.74 Å². The van der Waals surface area contributed by atoms with Crippen LogP contribution >= 0.6 is 0 Å². The Hall–Kier alpha value is -2.54. The first-order valence-electron chi connectivity index (χ1n) is 7.75. The second kappa shape index (κ2) is 5.58. The molecule has 1 aliphatic rings. The van der Waals surface area contributed by atoms with Gasteiger partial charge in [0.05, 0.1) is 11.9 Å². The van der Waals surface area contributed by atoms with Gasteiger partial charge in [-0.3, -0.25) is 4.79 Å². The smallest absolute Gasteiger partial charge is 0.180 e. The van der Waals surface area contributed by atoms with E-state index in [0.29, 0.717) is 17.0 Å². The van der Waals surface area contributed by atoms with Gasteiger partial charge in [0.15, 0.2) is 17.7 Å². The van der Waals surface area contributed by atoms with E-state index in [4.69, 9.17) is 4.74 Å². The minimum absolute atomic E-state index is 0.102. The summed E-state index contributed by atoms with van der Waals surface area (Å²) in [7, 11) is 0. The van der Waals surface area contributed by atoms with Gasteiger partial charge in [0.25, 0.3) is 0 Å². The molecule has 23 heavy (non-hydrogen) atoms. The zero-order valence-corrected chi connectivity index (χ0v) is 12.8. The highest BCUT2D eigenvalue weighted by molar-refractivity contribution is 5.98. The van der Waals surface area contributed by atoms with Gasteiger partial charge in [0.1, 0.15) is 5.69 Å². The highest BCUT2D eigenvalue weighted by Crippen LogP contribution is 2.27. The van der Waals surface area contributed by atoms with Crippen LogP contribution in [0.5, 0.6) is 0 Å². The third-order valence-electron chi connectivity index (χ3n) is 4.06. The number of aromatic nitrogens is 5. The van der Waals surface area contributed by atoms with Gasteiger partial charge in [0.2, 0.25) is 0 Å². The lowest BCUT2D eigenvalue weighted by Crippen LogP contribution is -2.19. The number of ketones is 1. The molecule has 0 bridgehead atoms. The SMILES string of the molecule is CC(=O)c1nc2c(cnn2C2CCCCO2)cc1-n1cccn1. The molecule has 0 N–H and O–H groups in total. The molecule has 0 radical (unpaired) electrons. The topological polar surface area (TPSA) is 74.8 Å². The van der Waals surface area contributed by atoms with Crippen LogP contribution in [0.3, 0.4) is 0 Å². The first kappa shape index (κ1) is 14.1. The number of carbonyl (C=O) groups is 1. The van der Waals surface area contributed by atoms with Gasteiger partial charge in [-0.2, -0.15) is 10.2 Å². The van der Waals surface area contributed by atoms with E-state index in [0.717, 1.165) is 31.3 Å². The van der Waals surface area contributed by atoms with Crippen LogP contribution in [0.25, 0.3) is 16.7 Å². The van der Waals surface area contributed by atoms with Crippen molar-refractivity contribution < 1.29 is 9.53 Å². The summed E-state index contributed by atoms with van der Waals surface area (Å²) in [6.45, 7) is 2.25. The lowest BCUT2D eigenvalue weighted by molar-refractivity contribution is -0.0370. The van der Waals surface area contributed by atoms with Crippen LogP contribution < -0.4 is 0 Å². The Balaban J connectivity index is 1.87. The molecular formula is C16H17N5O2. The highest BCUT2D eigenvalue weighted by atomic mass is 16.5. The lowest BCUT2D eigenvalue weighted by Gasteiger charge is -2.23. The summed E-state index contributed by atoms with van der Waals surface area (Å²) in [6.07, 6.45) is 8.22. The molecule has 1 fully saturated rings. The fraction of sp³-hybridized carbons (Fsp3) is 0.375. The van der Waals surface area contributed by atoms with Crippen LogP contribution in [0, 0.1) is 0 Å². The second-order valence-electron chi connectivity index (χ2n) is 5.69. The van der Waals surface area contributed by atoms with Gasteiger partial charge in [-0.05, 0) is 31.4 Å². The van der Waals surface area contributed by atoms with Crippen molar-refractivity contribution in [2.24, 2.45) is 0 Å². The van der Waals surface area contributed by atoms with Gasteiger partial charge < -0.3 is 4.74 Å². The zero-order valence-electron chi connectivity index (χ0n) is 12.8. The summed E-state index contributed by atoms with van der Waals surface area (Å²) in [5, 5.41) is 9.51. The zero-order chi connectivity index (χ0) is 15.8. The Morgan fingerprint density at radius 2 is 2.26 bits per heavy atom. The number of hydrogen-bond donors (Lipinski definition) is 0. The van der Waals surface area contributed by atoms with Crippen molar-refractivity contribution in [1.29, 1.82) is 0 Å². The Kier molecular flexibility index (Phi) is 3.42. The van der Waals surface area contributed by atoms with Crippen LogP contribution in [0.2, 0.25) is 0 Å². The Labute approximate surface area is 132 Å². The molecule has 1 unspecified atom stereocenters. The van der Waals surface area contributed by atoms with Gasteiger partial charge in [-0.25, -0.2) is 14.3 Å². The second-order valence-corrected chi connectivity index (χ2v) is 5.69. The van der Waals surface area contributed by atoms with Crippen LogP contribution in [0.15, 0.2) is 30.7 Å². The van der Waals surface area contributed by atoms with Crippen molar-refractivity contribution in [1.82, 2.24) is 24.5 Å². The first-order valence-corrected chi connectivity index (χ1v) is 7.75. The molecule has 3 aromatic heterocycles. The fourth-order valence-corrected chi connectivity index (χ4v) is 2.94.